The number of hydrogen-bond donors (Lipinski definition) is 2. The number of rotatable bonds is 6. The first-order chi connectivity index (χ1) is 10.2. The van der Waals surface area contributed by atoms with Crippen LogP contribution in [0.1, 0.15) is 13.8 Å². The van der Waals surface area contributed by atoms with Gasteiger partial charge in [0, 0.05) is 17.8 Å². The Morgan fingerprint density at radius 1 is 1.14 bits per heavy atom. The van der Waals surface area contributed by atoms with Crippen LogP contribution in [0.15, 0.2) is 35.0 Å². The van der Waals surface area contributed by atoms with Gasteiger partial charge in [0.2, 0.25) is 5.88 Å². The van der Waals surface area contributed by atoms with Crippen LogP contribution in [0.25, 0.3) is 0 Å². The van der Waals surface area contributed by atoms with Gasteiger partial charge in [0.05, 0.1) is 19.4 Å². The van der Waals surface area contributed by atoms with Crippen molar-refractivity contribution < 1.29 is 18.8 Å². The van der Waals surface area contributed by atoms with Crippen LogP contribution in [0.2, 0.25) is 0 Å². The SMILES string of the molecule is CCOc1ccc(NC(=O)Nc2ccno2)cc1OCC. The number of nitrogens with one attached hydrogen (secondary N) is 2. The molecular formula is C14H17N3O4. The van der Waals surface area contributed by atoms with Gasteiger partial charge in [-0.05, 0) is 26.0 Å². The van der Waals surface area contributed by atoms with Crippen LogP contribution in [0, 0.1) is 0 Å². The van der Waals surface area contributed by atoms with Crippen molar-refractivity contribution in [2.45, 2.75) is 13.8 Å². The monoisotopic (exact) mass is 291 g/mol. The maximum absolute atomic E-state index is 11.8. The molecule has 0 spiro atoms. The van der Waals surface area contributed by atoms with E-state index in [2.05, 4.69) is 15.8 Å². The minimum Gasteiger partial charge on any atom is -0.490 e. The van der Waals surface area contributed by atoms with E-state index in [1.807, 2.05) is 13.8 Å². The van der Waals surface area contributed by atoms with Crippen molar-refractivity contribution >= 4 is 17.6 Å². The van der Waals surface area contributed by atoms with Gasteiger partial charge >= 0.3 is 6.03 Å². The van der Waals surface area contributed by atoms with Crippen LogP contribution < -0.4 is 20.1 Å². The van der Waals surface area contributed by atoms with Crippen molar-refractivity contribution in [3.05, 3.63) is 30.5 Å². The second-order valence-electron chi connectivity index (χ2n) is 3.98. The maximum atomic E-state index is 11.8. The lowest BCUT2D eigenvalue weighted by Gasteiger charge is -2.13. The third-order valence-electron chi connectivity index (χ3n) is 2.48. The summed E-state index contributed by atoms with van der Waals surface area (Å²) in [6.45, 7) is 4.83. The van der Waals surface area contributed by atoms with Gasteiger partial charge in [0.1, 0.15) is 0 Å². The number of carbonyl (C=O) groups excluding carboxylic acids is 1. The summed E-state index contributed by atoms with van der Waals surface area (Å²) >= 11 is 0. The Kier molecular flexibility index (Phi) is 5.03. The van der Waals surface area contributed by atoms with Crippen molar-refractivity contribution in [2.24, 2.45) is 0 Å². The van der Waals surface area contributed by atoms with Crippen molar-refractivity contribution in [3.8, 4) is 11.5 Å². The third kappa shape index (κ3) is 4.13. The molecule has 7 nitrogen and oxygen atoms in total. The number of anilines is 2. The molecule has 1 heterocycles. The molecule has 0 aliphatic carbocycles. The molecule has 21 heavy (non-hydrogen) atoms. The fourth-order valence-corrected chi connectivity index (χ4v) is 1.68. The largest absolute Gasteiger partial charge is 0.490 e. The minimum atomic E-state index is -0.432. The number of ether oxygens (including phenoxy) is 2. The molecule has 7 heteroatoms. The van der Waals surface area contributed by atoms with Crippen molar-refractivity contribution in [2.75, 3.05) is 23.8 Å². The number of amides is 2. The Bertz CT molecular complexity index is 584. The zero-order chi connectivity index (χ0) is 15.1. The summed E-state index contributed by atoms with van der Waals surface area (Å²) in [5.41, 5.74) is 0.582. The second kappa shape index (κ2) is 7.18. The molecule has 0 saturated carbocycles. The highest BCUT2D eigenvalue weighted by Gasteiger charge is 2.09. The lowest BCUT2D eigenvalue weighted by atomic mass is 10.2. The molecule has 0 unspecified atom stereocenters. The van der Waals surface area contributed by atoms with Gasteiger partial charge in [0.25, 0.3) is 0 Å². The molecule has 0 atom stereocenters. The Balaban J connectivity index is 2.05. The highest BCUT2D eigenvalue weighted by atomic mass is 16.5. The van der Waals surface area contributed by atoms with Gasteiger partial charge in [-0.15, -0.1) is 0 Å². The fourth-order valence-electron chi connectivity index (χ4n) is 1.68. The molecule has 0 radical (unpaired) electrons. The highest BCUT2D eigenvalue weighted by molar-refractivity contribution is 5.99. The number of benzene rings is 1. The average Bonchev–Trinajstić information content (AvgIpc) is 2.95. The summed E-state index contributed by atoms with van der Waals surface area (Å²) in [6.07, 6.45) is 1.44. The molecule has 0 saturated heterocycles. The number of aromatic nitrogens is 1. The number of nitrogens with zero attached hydrogens (tertiary/aromatic N) is 1. The van der Waals surface area contributed by atoms with Crippen molar-refractivity contribution in [1.29, 1.82) is 0 Å². The zero-order valence-corrected chi connectivity index (χ0v) is 11.9. The van der Waals surface area contributed by atoms with E-state index in [-0.39, 0.29) is 5.88 Å². The van der Waals surface area contributed by atoms with Crippen LogP contribution in [-0.2, 0) is 0 Å². The predicted molar refractivity (Wildman–Crippen MR) is 77.9 cm³/mol. The first-order valence-electron chi connectivity index (χ1n) is 6.61. The summed E-state index contributed by atoms with van der Waals surface area (Å²) in [6, 6.07) is 6.29. The summed E-state index contributed by atoms with van der Waals surface area (Å²) < 4.78 is 15.7. The molecule has 2 aromatic rings. The molecule has 112 valence electrons. The number of urea groups is 1. The summed E-state index contributed by atoms with van der Waals surface area (Å²) in [5, 5.41) is 8.68. The van der Waals surface area contributed by atoms with Gasteiger partial charge < -0.3 is 19.3 Å². The smallest absolute Gasteiger partial charge is 0.326 e. The zero-order valence-electron chi connectivity index (χ0n) is 11.9. The minimum absolute atomic E-state index is 0.267. The molecule has 2 N–H and O–H groups in total. The van der Waals surface area contributed by atoms with E-state index in [1.54, 1.807) is 24.3 Å². The second-order valence-corrected chi connectivity index (χ2v) is 3.98. The van der Waals surface area contributed by atoms with Crippen molar-refractivity contribution in [1.82, 2.24) is 5.16 Å². The first kappa shape index (κ1) is 14.7. The van der Waals surface area contributed by atoms with E-state index in [0.717, 1.165) is 0 Å². The van der Waals surface area contributed by atoms with E-state index in [9.17, 15) is 4.79 Å². The number of carbonyl (C=O) groups is 1. The Labute approximate surface area is 122 Å². The molecular weight excluding hydrogens is 274 g/mol. The lowest BCUT2D eigenvalue weighted by Crippen LogP contribution is -2.19. The van der Waals surface area contributed by atoms with Crippen LogP contribution in [-0.4, -0.2) is 24.4 Å². The normalized spacial score (nSPS) is 10.0. The molecule has 2 rings (SSSR count). The van der Waals surface area contributed by atoms with Gasteiger partial charge in [-0.25, -0.2) is 4.79 Å². The maximum Gasteiger partial charge on any atom is 0.326 e. The van der Waals surface area contributed by atoms with E-state index < -0.39 is 6.03 Å². The Hall–Kier alpha value is -2.70. The molecule has 0 fully saturated rings. The van der Waals surface area contributed by atoms with E-state index in [4.69, 9.17) is 14.0 Å². The van der Waals surface area contributed by atoms with Gasteiger partial charge in [-0.3, -0.25) is 5.32 Å². The molecule has 0 bridgehead atoms. The molecule has 1 aromatic heterocycles. The van der Waals surface area contributed by atoms with Crippen LogP contribution in [0.5, 0.6) is 11.5 Å². The van der Waals surface area contributed by atoms with Crippen LogP contribution in [0.4, 0.5) is 16.4 Å². The quantitative estimate of drug-likeness (QED) is 0.854. The number of hydrogen-bond acceptors (Lipinski definition) is 5. The topological polar surface area (TPSA) is 85.6 Å². The Morgan fingerprint density at radius 2 is 1.90 bits per heavy atom. The molecule has 0 aliphatic heterocycles. The molecule has 1 aromatic carbocycles. The van der Waals surface area contributed by atoms with Crippen molar-refractivity contribution in [3.63, 3.8) is 0 Å². The lowest BCUT2D eigenvalue weighted by molar-refractivity contribution is 0.261. The van der Waals surface area contributed by atoms with Gasteiger partial charge in [-0.2, -0.15) is 0 Å². The van der Waals surface area contributed by atoms with Gasteiger partial charge in [0.15, 0.2) is 11.5 Å². The summed E-state index contributed by atoms with van der Waals surface area (Å²) in [7, 11) is 0. The standard InChI is InChI=1S/C14H17N3O4/c1-3-19-11-6-5-10(9-12(11)20-4-2)16-14(18)17-13-7-8-15-21-13/h5-9H,3-4H2,1-2H3,(H2,16,17,18). The van der Waals surface area contributed by atoms with E-state index in [0.29, 0.717) is 30.4 Å². The average molecular weight is 291 g/mol. The first-order valence-corrected chi connectivity index (χ1v) is 6.61. The molecule has 2 amide bonds. The van der Waals surface area contributed by atoms with Gasteiger partial charge in [-0.1, -0.05) is 5.16 Å². The highest BCUT2D eigenvalue weighted by Crippen LogP contribution is 2.30. The summed E-state index contributed by atoms with van der Waals surface area (Å²) in [5.74, 6) is 1.49. The summed E-state index contributed by atoms with van der Waals surface area (Å²) in [4.78, 5) is 11.8. The van der Waals surface area contributed by atoms with Crippen LogP contribution in [0.3, 0.4) is 0 Å². The van der Waals surface area contributed by atoms with Crippen LogP contribution >= 0.6 is 0 Å². The predicted octanol–water partition coefficient (Wildman–Crippen LogP) is 3.12. The molecule has 0 aliphatic rings. The Morgan fingerprint density at radius 3 is 2.57 bits per heavy atom. The van der Waals surface area contributed by atoms with E-state index >= 15 is 0 Å². The third-order valence-corrected chi connectivity index (χ3v) is 2.48. The fraction of sp³-hybridized carbons (Fsp3) is 0.286. The van der Waals surface area contributed by atoms with E-state index in [1.165, 1.54) is 6.20 Å².